The predicted octanol–water partition coefficient (Wildman–Crippen LogP) is 5.53. The Morgan fingerprint density at radius 2 is 1.83 bits per heavy atom. The fraction of sp³-hybridized carbons (Fsp3) is 0.0833. The standard InChI is InChI=1S/C24H17ClO4/c1-15-4-2-3-5-17(15)12-23-24(27)20-11-10-19(13-22(20)29-23)28-14-21(26)16-6-8-18(25)9-7-16/h2-13H,14H2,1H3/b23-12-. The van der Waals surface area contributed by atoms with E-state index in [-0.39, 0.29) is 23.9 Å². The van der Waals surface area contributed by atoms with Gasteiger partial charge in [-0.1, -0.05) is 35.9 Å². The largest absolute Gasteiger partial charge is 0.485 e. The Balaban J connectivity index is 1.48. The molecule has 0 saturated heterocycles. The zero-order chi connectivity index (χ0) is 20.4. The summed E-state index contributed by atoms with van der Waals surface area (Å²) in [5, 5.41) is 0.567. The fourth-order valence-electron chi connectivity index (χ4n) is 3.01. The molecule has 3 aromatic carbocycles. The summed E-state index contributed by atoms with van der Waals surface area (Å²) < 4.78 is 11.3. The monoisotopic (exact) mass is 404 g/mol. The van der Waals surface area contributed by atoms with Crippen LogP contribution in [0.1, 0.15) is 31.8 Å². The molecule has 1 heterocycles. The second-order valence-corrected chi connectivity index (χ2v) is 7.11. The van der Waals surface area contributed by atoms with E-state index in [4.69, 9.17) is 21.1 Å². The molecule has 144 valence electrons. The minimum absolute atomic E-state index is 0.125. The summed E-state index contributed by atoms with van der Waals surface area (Å²) in [5.74, 6) is 0.803. The molecular formula is C24H17ClO4. The van der Waals surface area contributed by atoms with Crippen LogP contribution in [0.4, 0.5) is 0 Å². The number of benzene rings is 3. The molecule has 0 bridgehead atoms. The Labute approximate surface area is 173 Å². The van der Waals surface area contributed by atoms with Crippen molar-refractivity contribution in [2.45, 2.75) is 6.92 Å². The number of fused-ring (bicyclic) bond motifs is 1. The topological polar surface area (TPSA) is 52.6 Å². The first kappa shape index (κ1) is 19.0. The van der Waals surface area contributed by atoms with Crippen molar-refractivity contribution in [1.29, 1.82) is 0 Å². The first-order valence-electron chi connectivity index (χ1n) is 9.07. The summed E-state index contributed by atoms with van der Waals surface area (Å²) in [6, 6.07) is 19.3. The van der Waals surface area contributed by atoms with Crippen LogP contribution in [0.2, 0.25) is 5.02 Å². The number of ether oxygens (including phenoxy) is 2. The molecule has 0 N–H and O–H groups in total. The summed E-state index contributed by atoms with van der Waals surface area (Å²) in [6.45, 7) is 1.85. The van der Waals surface area contributed by atoms with Gasteiger partial charge in [-0.3, -0.25) is 9.59 Å². The Kier molecular flexibility index (Phi) is 5.19. The lowest BCUT2D eigenvalue weighted by Crippen LogP contribution is -2.11. The van der Waals surface area contributed by atoms with Gasteiger partial charge in [-0.15, -0.1) is 0 Å². The molecule has 4 nitrogen and oxygen atoms in total. The Morgan fingerprint density at radius 3 is 2.59 bits per heavy atom. The summed E-state index contributed by atoms with van der Waals surface area (Å²) in [7, 11) is 0. The highest BCUT2D eigenvalue weighted by Crippen LogP contribution is 2.35. The van der Waals surface area contributed by atoms with Crippen LogP contribution >= 0.6 is 11.6 Å². The number of Topliss-reactive ketones (excluding diaryl/α,β-unsaturated/α-hetero) is 2. The number of hydrogen-bond donors (Lipinski definition) is 0. The van der Waals surface area contributed by atoms with Crippen LogP contribution in [0.25, 0.3) is 6.08 Å². The van der Waals surface area contributed by atoms with Crippen LogP contribution < -0.4 is 9.47 Å². The molecule has 0 radical (unpaired) electrons. The maximum Gasteiger partial charge on any atom is 0.231 e. The molecular weight excluding hydrogens is 388 g/mol. The Hall–Kier alpha value is -3.37. The molecule has 29 heavy (non-hydrogen) atoms. The number of hydrogen-bond acceptors (Lipinski definition) is 4. The van der Waals surface area contributed by atoms with E-state index in [0.717, 1.165) is 11.1 Å². The number of ketones is 2. The zero-order valence-electron chi connectivity index (χ0n) is 15.6. The predicted molar refractivity (Wildman–Crippen MR) is 112 cm³/mol. The molecule has 0 atom stereocenters. The van der Waals surface area contributed by atoms with Crippen LogP contribution in [0.5, 0.6) is 11.5 Å². The van der Waals surface area contributed by atoms with E-state index in [1.807, 2.05) is 31.2 Å². The highest BCUT2D eigenvalue weighted by molar-refractivity contribution is 6.30. The lowest BCUT2D eigenvalue weighted by atomic mass is 10.1. The van der Waals surface area contributed by atoms with Gasteiger partial charge in [0.15, 0.2) is 18.1 Å². The zero-order valence-corrected chi connectivity index (χ0v) is 16.4. The quantitative estimate of drug-likeness (QED) is 0.414. The molecule has 3 aromatic rings. The number of allylic oxidation sites excluding steroid dienone is 1. The van der Waals surface area contributed by atoms with E-state index in [1.54, 1.807) is 48.5 Å². The van der Waals surface area contributed by atoms with Gasteiger partial charge in [-0.05, 0) is 60.5 Å². The lowest BCUT2D eigenvalue weighted by Gasteiger charge is -2.07. The number of carbonyl (C=O) groups is 2. The van der Waals surface area contributed by atoms with Gasteiger partial charge in [0.2, 0.25) is 5.78 Å². The number of rotatable bonds is 5. The maximum atomic E-state index is 12.6. The van der Waals surface area contributed by atoms with E-state index in [2.05, 4.69) is 0 Å². The van der Waals surface area contributed by atoms with Crippen molar-refractivity contribution >= 4 is 29.2 Å². The van der Waals surface area contributed by atoms with Gasteiger partial charge in [-0.2, -0.15) is 0 Å². The van der Waals surface area contributed by atoms with E-state index in [9.17, 15) is 9.59 Å². The first-order chi connectivity index (χ1) is 14.0. The van der Waals surface area contributed by atoms with Crippen LogP contribution in [-0.2, 0) is 0 Å². The third kappa shape index (κ3) is 4.08. The number of halogens is 1. The summed E-state index contributed by atoms with van der Waals surface area (Å²) in [6.07, 6.45) is 1.74. The summed E-state index contributed by atoms with van der Waals surface area (Å²) in [4.78, 5) is 24.8. The maximum absolute atomic E-state index is 12.6. The molecule has 0 unspecified atom stereocenters. The number of aryl methyl sites for hydroxylation is 1. The average Bonchev–Trinajstić information content (AvgIpc) is 3.03. The highest BCUT2D eigenvalue weighted by atomic mass is 35.5. The smallest absolute Gasteiger partial charge is 0.231 e. The van der Waals surface area contributed by atoms with Crippen molar-refractivity contribution in [3.05, 3.63) is 99.8 Å². The number of carbonyl (C=O) groups excluding carboxylic acids is 2. The third-order valence-electron chi connectivity index (χ3n) is 4.65. The van der Waals surface area contributed by atoms with Crippen LogP contribution in [0, 0.1) is 6.92 Å². The first-order valence-corrected chi connectivity index (χ1v) is 9.44. The van der Waals surface area contributed by atoms with Crippen molar-refractivity contribution in [1.82, 2.24) is 0 Å². The van der Waals surface area contributed by atoms with E-state index in [0.29, 0.717) is 27.6 Å². The highest BCUT2D eigenvalue weighted by Gasteiger charge is 2.28. The molecule has 0 fully saturated rings. The van der Waals surface area contributed by atoms with E-state index >= 15 is 0 Å². The molecule has 0 spiro atoms. The van der Waals surface area contributed by atoms with Gasteiger partial charge in [0.25, 0.3) is 0 Å². The van der Waals surface area contributed by atoms with Crippen LogP contribution in [0.3, 0.4) is 0 Å². The molecule has 0 amide bonds. The van der Waals surface area contributed by atoms with E-state index < -0.39 is 0 Å². The molecule has 0 aromatic heterocycles. The van der Waals surface area contributed by atoms with Gasteiger partial charge in [0, 0.05) is 16.7 Å². The van der Waals surface area contributed by atoms with Gasteiger partial charge in [0.05, 0.1) is 5.56 Å². The minimum Gasteiger partial charge on any atom is -0.485 e. The molecule has 1 aliphatic rings. The normalized spacial score (nSPS) is 13.9. The van der Waals surface area contributed by atoms with Crippen LogP contribution in [-0.4, -0.2) is 18.2 Å². The van der Waals surface area contributed by atoms with Gasteiger partial charge in [0.1, 0.15) is 11.5 Å². The van der Waals surface area contributed by atoms with Crippen LogP contribution in [0.15, 0.2) is 72.5 Å². The van der Waals surface area contributed by atoms with Crippen molar-refractivity contribution in [3.63, 3.8) is 0 Å². The minimum atomic E-state index is -0.174. The van der Waals surface area contributed by atoms with Crippen molar-refractivity contribution < 1.29 is 19.1 Å². The van der Waals surface area contributed by atoms with Gasteiger partial charge in [-0.25, -0.2) is 0 Å². The Bertz CT molecular complexity index is 1130. The summed E-state index contributed by atoms with van der Waals surface area (Å²) in [5.41, 5.74) is 2.97. The van der Waals surface area contributed by atoms with Crippen molar-refractivity contribution in [2.24, 2.45) is 0 Å². The van der Waals surface area contributed by atoms with Gasteiger partial charge >= 0.3 is 0 Å². The molecule has 5 heteroatoms. The lowest BCUT2D eigenvalue weighted by molar-refractivity contribution is 0.0921. The SMILES string of the molecule is Cc1ccccc1/C=C1\Oc2cc(OCC(=O)c3ccc(Cl)cc3)ccc2C1=O. The Morgan fingerprint density at radius 1 is 1.07 bits per heavy atom. The molecule has 1 aliphatic heterocycles. The second-order valence-electron chi connectivity index (χ2n) is 6.67. The molecule has 0 aliphatic carbocycles. The molecule has 4 rings (SSSR count). The third-order valence-corrected chi connectivity index (χ3v) is 4.90. The molecule has 0 saturated carbocycles. The fourth-order valence-corrected chi connectivity index (χ4v) is 3.14. The summed E-state index contributed by atoms with van der Waals surface area (Å²) >= 11 is 5.84. The van der Waals surface area contributed by atoms with Crippen molar-refractivity contribution in [2.75, 3.05) is 6.61 Å². The second kappa shape index (κ2) is 7.94. The van der Waals surface area contributed by atoms with E-state index in [1.165, 1.54) is 0 Å². The van der Waals surface area contributed by atoms with Crippen molar-refractivity contribution in [3.8, 4) is 11.5 Å². The average molecular weight is 405 g/mol. The van der Waals surface area contributed by atoms with Gasteiger partial charge < -0.3 is 9.47 Å².